The van der Waals surface area contributed by atoms with Gasteiger partial charge in [0.15, 0.2) is 0 Å². The van der Waals surface area contributed by atoms with E-state index in [1.54, 1.807) is 13.5 Å². The van der Waals surface area contributed by atoms with E-state index in [2.05, 4.69) is 11.8 Å². The molecule has 0 bridgehead atoms. The molecule has 0 N–H and O–H groups in total. The molecule has 0 saturated heterocycles. The fraction of sp³-hybridized carbons (Fsp3) is 0.875. The molecular formula is C8H17O2. The standard InChI is InChI=1S/C8H17O2/c1-4-6-7-8(3)10-9-5-2/h5,8H,4,6-7H2,1-3H3. The Morgan fingerprint density at radius 1 is 1.50 bits per heavy atom. The topological polar surface area (TPSA) is 18.5 Å². The van der Waals surface area contributed by atoms with Crippen LogP contribution >= 0.6 is 0 Å². The van der Waals surface area contributed by atoms with Crippen molar-refractivity contribution in [3.8, 4) is 0 Å². The van der Waals surface area contributed by atoms with Crippen molar-refractivity contribution in [2.75, 3.05) is 0 Å². The molecule has 0 aliphatic heterocycles. The van der Waals surface area contributed by atoms with Gasteiger partial charge in [-0.25, -0.2) is 9.78 Å². The van der Waals surface area contributed by atoms with E-state index in [0.29, 0.717) is 0 Å². The lowest BCUT2D eigenvalue weighted by molar-refractivity contribution is -0.296. The Hall–Kier alpha value is -0.0800. The summed E-state index contributed by atoms with van der Waals surface area (Å²) < 4.78 is 0. The highest BCUT2D eigenvalue weighted by atomic mass is 17.2. The quantitative estimate of drug-likeness (QED) is 0.422. The van der Waals surface area contributed by atoms with Crippen LogP contribution in [0.25, 0.3) is 0 Å². The zero-order valence-corrected chi connectivity index (χ0v) is 7.09. The summed E-state index contributed by atoms with van der Waals surface area (Å²) in [5.74, 6) is 0. The van der Waals surface area contributed by atoms with Crippen LogP contribution in [0.15, 0.2) is 0 Å². The molecule has 0 aromatic rings. The molecule has 0 heterocycles. The summed E-state index contributed by atoms with van der Waals surface area (Å²) >= 11 is 0. The summed E-state index contributed by atoms with van der Waals surface area (Å²) in [5, 5.41) is 0. The van der Waals surface area contributed by atoms with E-state index in [-0.39, 0.29) is 6.10 Å². The van der Waals surface area contributed by atoms with Gasteiger partial charge in [0.2, 0.25) is 0 Å². The average Bonchev–Trinajstić information content (AvgIpc) is 1.97. The van der Waals surface area contributed by atoms with Crippen LogP contribution in [-0.2, 0) is 9.78 Å². The van der Waals surface area contributed by atoms with Crippen molar-refractivity contribution in [2.24, 2.45) is 0 Å². The largest absolute Gasteiger partial charge is 0.233 e. The van der Waals surface area contributed by atoms with Crippen molar-refractivity contribution >= 4 is 0 Å². The Balaban J connectivity index is 3.00. The van der Waals surface area contributed by atoms with E-state index >= 15 is 0 Å². The van der Waals surface area contributed by atoms with Gasteiger partial charge in [0, 0.05) is 0 Å². The molecule has 0 aromatic carbocycles. The SMILES string of the molecule is C[CH]OOC(C)CCCC. The lowest BCUT2D eigenvalue weighted by Crippen LogP contribution is -2.06. The van der Waals surface area contributed by atoms with Crippen molar-refractivity contribution in [2.45, 2.75) is 46.1 Å². The lowest BCUT2D eigenvalue weighted by Gasteiger charge is -2.08. The molecule has 1 atom stereocenters. The van der Waals surface area contributed by atoms with E-state index in [4.69, 9.17) is 4.89 Å². The fourth-order valence-corrected chi connectivity index (χ4v) is 0.690. The summed E-state index contributed by atoms with van der Waals surface area (Å²) in [4.78, 5) is 9.60. The van der Waals surface area contributed by atoms with Crippen molar-refractivity contribution in [3.05, 3.63) is 6.61 Å². The molecule has 0 aromatic heterocycles. The Morgan fingerprint density at radius 2 is 2.20 bits per heavy atom. The van der Waals surface area contributed by atoms with E-state index in [1.165, 1.54) is 12.8 Å². The first-order chi connectivity index (χ1) is 4.81. The Bertz CT molecular complexity index is 56.3. The molecule has 10 heavy (non-hydrogen) atoms. The average molecular weight is 145 g/mol. The highest BCUT2D eigenvalue weighted by molar-refractivity contribution is 4.46. The molecule has 2 nitrogen and oxygen atoms in total. The van der Waals surface area contributed by atoms with Crippen molar-refractivity contribution in [3.63, 3.8) is 0 Å². The van der Waals surface area contributed by atoms with Crippen molar-refractivity contribution in [1.82, 2.24) is 0 Å². The van der Waals surface area contributed by atoms with Crippen LogP contribution in [0, 0.1) is 6.61 Å². The number of unbranched alkanes of at least 4 members (excludes halogenated alkanes) is 1. The first-order valence-electron chi connectivity index (χ1n) is 3.91. The van der Waals surface area contributed by atoms with Gasteiger partial charge in [-0.05, 0) is 20.3 Å². The number of rotatable bonds is 6. The Kier molecular flexibility index (Phi) is 6.98. The molecule has 0 fully saturated rings. The van der Waals surface area contributed by atoms with Crippen molar-refractivity contribution < 1.29 is 9.78 Å². The molecule has 0 amide bonds. The minimum atomic E-state index is 0.219. The minimum Gasteiger partial charge on any atom is -0.233 e. The summed E-state index contributed by atoms with van der Waals surface area (Å²) in [7, 11) is 0. The molecule has 0 spiro atoms. The van der Waals surface area contributed by atoms with Crippen LogP contribution in [0.5, 0.6) is 0 Å². The van der Waals surface area contributed by atoms with Gasteiger partial charge in [-0.3, -0.25) is 0 Å². The second-order valence-electron chi connectivity index (χ2n) is 2.38. The van der Waals surface area contributed by atoms with E-state index in [0.717, 1.165) is 6.42 Å². The van der Waals surface area contributed by atoms with Gasteiger partial charge in [0.25, 0.3) is 0 Å². The van der Waals surface area contributed by atoms with Crippen LogP contribution in [0.3, 0.4) is 0 Å². The van der Waals surface area contributed by atoms with Gasteiger partial charge in [-0.15, -0.1) is 0 Å². The van der Waals surface area contributed by atoms with E-state index in [1.807, 2.05) is 6.92 Å². The molecule has 0 rings (SSSR count). The van der Waals surface area contributed by atoms with Crippen LogP contribution in [0.1, 0.15) is 40.0 Å². The van der Waals surface area contributed by atoms with Gasteiger partial charge in [0.1, 0.15) is 6.61 Å². The van der Waals surface area contributed by atoms with Gasteiger partial charge >= 0.3 is 0 Å². The van der Waals surface area contributed by atoms with Crippen molar-refractivity contribution in [1.29, 1.82) is 0 Å². The van der Waals surface area contributed by atoms with Gasteiger partial charge in [-0.1, -0.05) is 19.8 Å². The number of hydrogen-bond donors (Lipinski definition) is 0. The third-order valence-electron chi connectivity index (χ3n) is 1.28. The maximum absolute atomic E-state index is 4.94. The van der Waals surface area contributed by atoms with Gasteiger partial charge < -0.3 is 0 Å². The first-order valence-corrected chi connectivity index (χ1v) is 3.91. The van der Waals surface area contributed by atoms with Crippen LogP contribution in [0.2, 0.25) is 0 Å². The maximum Gasteiger partial charge on any atom is 0.119 e. The lowest BCUT2D eigenvalue weighted by atomic mass is 10.2. The third kappa shape index (κ3) is 6.05. The zero-order valence-electron chi connectivity index (χ0n) is 7.09. The summed E-state index contributed by atoms with van der Waals surface area (Å²) in [5.41, 5.74) is 0. The highest BCUT2D eigenvalue weighted by Gasteiger charge is 2.00. The third-order valence-corrected chi connectivity index (χ3v) is 1.28. The van der Waals surface area contributed by atoms with Crippen LogP contribution in [0.4, 0.5) is 0 Å². The monoisotopic (exact) mass is 145 g/mol. The summed E-state index contributed by atoms with van der Waals surface area (Å²) in [6, 6.07) is 0. The van der Waals surface area contributed by atoms with Crippen LogP contribution in [-0.4, -0.2) is 6.10 Å². The minimum absolute atomic E-state index is 0.219. The Morgan fingerprint density at radius 3 is 2.70 bits per heavy atom. The molecule has 0 saturated carbocycles. The van der Waals surface area contributed by atoms with Gasteiger partial charge in [0.05, 0.1) is 6.10 Å². The molecule has 1 unspecified atom stereocenters. The second-order valence-corrected chi connectivity index (χ2v) is 2.38. The molecular weight excluding hydrogens is 128 g/mol. The summed E-state index contributed by atoms with van der Waals surface area (Å²) in [6.45, 7) is 7.52. The smallest absolute Gasteiger partial charge is 0.119 e. The molecule has 0 aliphatic carbocycles. The second kappa shape index (κ2) is 7.03. The molecule has 61 valence electrons. The molecule has 1 radical (unpaired) electrons. The maximum atomic E-state index is 4.94. The molecule has 2 heteroatoms. The first kappa shape index (κ1) is 9.92. The predicted molar refractivity (Wildman–Crippen MR) is 41.1 cm³/mol. The molecule has 0 aliphatic rings. The summed E-state index contributed by atoms with van der Waals surface area (Å²) in [6.07, 6.45) is 3.71. The predicted octanol–water partition coefficient (Wildman–Crippen LogP) is 2.69. The highest BCUT2D eigenvalue weighted by Crippen LogP contribution is 2.04. The van der Waals surface area contributed by atoms with E-state index < -0.39 is 0 Å². The van der Waals surface area contributed by atoms with E-state index in [9.17, 15) is 0 Å². The van der Waals surface area contributed by atoms with Crippen LogP contribution < -0.4 is 0 Å². The van der Waals surface area contributed by atoms with Gasteiger partial charge in [-0.2, -0.15) is 0 Å². The number of hydrogen-bond acceptors (Lipinski definition) is 2. The normalized spacial score (nSPS) is 13.5. The fourth-order valence-electron chi connectivity index (χ4n) is 0.690. The zero-order chi connectivity index (χ0) is 7.82. The Labute approximate surface area is 63.5 Å².